The smallest absolute Gasteiger partial charge is 0.262 e. The molecule has 0 aromatic heterocycles. The maximum absolute atomic E-state index is 13.1. The molecule has 3 saturated heterocycles. The van der Waals surface area contributed by atoms with Gasteiger partial charge in [-0.15, -0.1) is 4.31 Å². The second-order valence-electron chi connectivity index (χ2n) is 10.7. The minimum absolute atomic E-state index is 0.0144. The highest BCUT2D eigenvalue weighted by molar-refractivity contribution is 7.89. The van der Waals surface area contributed by atoms with Gasteiger partial charge in [0.05, 0.1) is 22.5 Å². The number of imide groups is 2. The lowest BCUT2D eigenvalue weighted by Gasteiger charge is -2.39. The summed E-state index contributed by atoms with van der Waals surface area (Å²) in [6, 6.07) is 11.8. The van der Waals surface area contributed by atoms with Crippen molar-refractivity contribution in [2.45, 2.75) is 55.3 Å². The Morgan fingerprint density at radius 3 is 2.35 bits per heavy atom. The Labute approximate surface area is 234 Å². The van der Waals surface area contributed by atoms with Crippen LogP contribution in [0.25, 0.3) is 0 Å². The van der Waals surface area contributed by atoms with Gasteiger partial charge in [0.15, 0.2) is 4.90 Å². The second-order valence-corrected chi connectivity index (χ2v) is 12.2. The summed E-state index contributed by atoms with van der Waals surface area (Å²) >= 11 is -1.20. The Morgan fingerprint density at radius 2 is 1.65 bits per heavy atom. The first-order chi connectivity index (χ1) is 19.3. The third kappa shape index (κ3) is 5.25. The van der Waals surface area contributed by atoms with Gasteiger partial charge in [0.2, 0.25) is 11.8 Å². The van der Waals surface area contributed by atoms with Crippen LogP contribution in [0.5, 0.6) is 5.75 Å². The number of carbonyl (C=O) groups is 4. The van der Waals surface area contributed by atoms with E-state index in [1.807, 2.05) is 34.6 Å². The molecular weight excluding hydrogens is 534 g/mol. The van der Waals surface area contributed by atoms with Gasteiger partial charge in [-0.1, -0.05) is 6.07 Å². The van der Waals surface area contributed by atoms with Crippen molar-refractivity contribution >= 4 is 35.0 Å². The highest BCUT2D eigenvalue weighted by Gasteiger charge is 2.44. The highest BCUT2D eigenvalue weighted by Crippen LogP contribution is 2.30. The van der Waals surface area contributed by atoms with Crippen LogP contribution in [0, 0.1) is 0 Å². The maximum atomic E-state index is 13.1. The summed E-state index contributed by atoms with van der Waals surface area (Å²) in [6.45, 7) is 3.46. The van der Waals surface area contributed by atoms with E-state index in [0.29, 0.717) is 19.6 Å². The summed E-state index contributed by atoms with van der Waals surface area (Å²) < 4.78 is 20.9. The summed E-state index contributed by atoms with van der Waals surface area (Å²) in [5.74, 6) is -1.30. The quantitative estimate of drug-likeness (QED) is 0.367. The molecule has 3 N–H and O–H groups in total. The number of nitrogens with zero attached hydrogens (tertiary/aromatic N) is 3. The van der Waals surface area contributed by atoms with Gasteiger partial charge in [-0.3, -0.25) is 34.3 Å². The van der Waals surface area contributed by atoms with E-state index in [-0.39, 0.29) is 36.1 Å². The molecule has 2 aromatic rings. The molecule has 6 rings (SSSR count). The number of carbonyl (C=O) groups excluding carboxylic acids is 4. The molecule has 2 unspecified atom stereocenters. The number of benzene rings is 2. The van der Waals surface area contributed by atoms with Gasteiger partial charge in [0.25, 0.3) is 11.8 Å². The predicted molar refractivity (Wildman–Crippen MR) is 144 cm³/mol. The van der Waals surface area contributed by atoms with Crippen molar-refractivity contribution < 1.29 is 28.5 Å². The zero-order chi connectivity index (χ0) is 28.0. The number of fused-ring (bicyclic) bond motifs is 1. The third-order valence-electron chi connectivity index (χ3n) is 7.90. The first-order valence-corrected chi connectivity index (χ1v) is 14.6. The molecule has 0 spiro atoms. The summed E-state index contributed by atoms with van der Waals surface area (Å²) in [4.78, 5) is 53.6. The van der Waals surface area contributed by atoms with E-state index in [9.17, 15) is 23.7 Å². The van der Waals surface area contributed by atoms with Crippen LogP contribution in [-0.4, -0.2) is 86.7 Å². The first-order valence-electron chi connectivity index (χ1n) is 13.5. The lowest BCUT2D eigenvalue weighted by Crippen LogP contribution is -2.54. The second kappa shape index (κ2) is 10.9. The van der Waals surface area contributed by atoms with Crippen LogP contribution in [0.15, 0.2) is 47.4 Å². The molecule has 0 bridgehead atoms. The van der Waals surface area contributed by atoms with Crippen molar-refractivity contribution in [1.82, 2.24) is 19.4 Å². The Kier molecular flexibility index (Phi) is 7.36. The number of likely N-dealkylation sites (tertiary alicyclic amines) is 1. The SMILES string of the molecule is NC1CCN([S+]([O-])c2ccc(OC3CN(Cc4ccc5c(c4)C(=O)N(C4CCC(=O)NC4=O)C5=O)C3)cc2)CC1. The minimum atomic E-state index is -1.20. The van der Waals surface area contributed by atoms with Crippen molar-refractivity contribution in [2.24, 2.45) is 5.73 Å². The molecule has 40 heavy (non-hydrogen) atoms. The van der Waals surface area contributed by atoms with Gasteiger partial charge in [-0.05, 0) is 61.2 Å². The summed E-state index contributed by atoms with van der Waals surface area (Å²) in [6.07, 6.45) is 1.94. The molecule has 0 aliphatic carbocycles. The number of nitrogens with one attached hydrogen (secondary N) is 1. The molecule has 4 heterocycles. The lowest BCUT2D eigenvalue weighted by molar-refractivity contribution is -0.136. The van der Waals surface area contributed by atoms with Crippen molar-refractivity contribution in [2.75, 3.05) is 26.2 Å². The number of amides is 4. The van der Waals surface area contributed by atoms with E-state index in [1.165, 1.54) is 0 Å². The van der Waals surface area contributed by atoms with Crippen LogP contribution in [0.1, 0.15) is 52.0 Å². The number of hydrogen-bond donors (Lipinski definition) is 2. The van der Waals surface area contributed by atoms with Gasteiger partial charge in [-0.25, -0.2) is 0 Å². The topological polar surface area (TPSA) is 148 Å². The van der Waals surface area contributed by atoms with Gasteiger partial charge < -0.3 is 15.0 Å². The normalized spacial score (nSPS) is 23.6. The van der Waals surface area contributed by atoms with E-state index in [1.54, 1.807) is 12.1 Å². The van der Waals surface area contributed by atoms with Gasteiger partial charge >= 0.3 is 0 Å². The minimum Gasteiger partial charge on any atom is -0.593 e. The molecule has 4 aliphatic heterocycles. The third-order valence-corrected chi connectivity index (χ3v) is 9.40. The molecule has 2 aromatic carbocycles. The monoisotopic (exact) mass is 565 g/mol. The zero-order valence-corrected chi connectivity index (χ0v) is 22.7. The van der Waals surface area contributed by atoms with E-state index >= 15 is 0 Å². The zero-order valence-electron chi connectivity index (χ0n) is 21.9. The number of piperidine rings is 2. The fourth-order valence-electron chi connectivity index (χ4n) is 5.62. The highest BCUT2D eigenvalue weighted by atomic mass is 32.2. The number of rotatable bonds is 7. The van der Waals surface area contributed by atoms with Crippen LogP contribution in [0.2, 0.25) is 0 Å². The van der Waals surface area contributed by atoms with E-state index in [0.717, 1.165) is 47.0 Å². The standard InChI is InChI=1S/C28H31N5O6S/c29-18-9-11-32(12-10-18)40(38)21-4-2-19(3-5-21)39-20-15-31(16-20)14-17-1-6-22-23(13-17)28(37)33(27(22)36)24-7-8-25(34)30-26(24)35/h1-6,13,18,20,24H,7-12,14-16,29H2,(H,30,34,35). The average molecular weight is 566 g/mol. The van der Waals surface area contributed by atoms with E-state index in [2.05, 4.69) is 10.2 Å². The summed E-state index contributed by atoms with van der Waals surface area (Å²) in [7, 11) is 0. The molecular formula is C28H31N5O6S. The Hall–Kier alpha value is -3.29. The summed E-state index contributed by atoms with van der Waals surface area (Å²) in [5.41, 5.74) is 7.39. The van der Waals surface area contributed by atoms with Gasteiger partial charge in [0.1, 0.15) is 17.9 Å². The largest absolute Gasteiger partial charge is 0.593 e. The molecule has 0 saturated carbocycles. The van der Waals surface area contributed by atoms with Crippen LogP contribution in [0.3, 0.4) is 0 Å². The van der Waals surface area contributed by atoms with E-state index in [4.69, 9.17) is 10.5 Å². The van der Waals surface area contributed by atoms with Crippen LogP contribution < -0.4 is 15.8 Å². The molecule has 12 heteroatoms. The predicted octanol–water partition coefficient (Wildman–Crippen LogP) is 0.797. The van der Waals surface area contributed by atoms with Crippen LogP contribution >= 0.6 is 0 Å². The molecule has 210 valence electrons. The maximum Gasteiger partial charge on any atom is 0.262 e. The molecule has 2 atom stereocenters. The molecule has 4 amide bonds. The fraction of sp³-hybridized carbons (Fsp3) is 0.429. The van der Waals surface area contributed by atoms with Crippen molar-refractivity contribution in [3.8, 4) is 5.75 Å². The molecule has 3 fully saturated rings. The van der Waals surface area contributed by atoms with Crippen molar-refractivity contribution in [1.29, 1.82) is 0 Å². The van der Waals surface area contributed by atoms with E-state index < -0.39 is 41.0 Å². The van der Waals surface area contributed by atoms with Crippen LogP contribution in [0.4, 0.5) is 0 Å². The summed E-state index contributed by atoms with van der Waals surface area (Å²) in [5, 5.41) is 2.21. The number of nitrogens with two attached hydrogens (primary N) is 1. The Balaban J connectivity index is 1.01. The lowest BCUT2D eigenvalue weighted by atomic mass is 10.0. The molecule has 11 nitrogen and oxygen atoms in total. The van der Waals surface area contributed by atoms with Gasteiger partial charge in [-0.2, -0.15) is 0 Å². The molecule has 0 radical (unpaired) electrons. The Morgan fingerprint density at radius 1 is 0.950 bits per heavy atom. The Bertz CT molecular complexity index is 1340. The fourth-order valence-corrected chi connectivity index (χ4v) is 6.83. The van der Waals surface area contributed by atoms with Crippen molar-refractivity contribution in [3.05, 3.63) is 59.2 Å². The number of ether oxygens (including phenoxy) is 1. The number of hydrogen-bond acceptors (Lipinski definition) is 9. The van der Waals surface area contributed by atoms with Gasteiger partial charge in [0, 0.05) is 45.2 Å². The van der Waals surface area contributed by atoms with Crippen LogP contribution in [-0.2, 0) is 27.5 Å². The first kappa shape index (κ1) is 26.9. The average Bonchev–Trinajstić information content (AvgIpc) is 3.17. The molecule has 4 aliphatic rings. The van der Waals surface area contributed by atoms with Crippen molar-refractivity contribution in [3.63, 3.8) is 0 Å².